The molecule has 5 heterocycles. The molecule has 5 aliphatic rings. The van der Waals surface area contributed by atoms with E-state index in [9.17, 15) is 40.5 Å². The quantitative estimate of drug-likeness (QED) is 0.0423. The summed E-state index contributed by atoms with van der Waals surface area (Å²) in [6.07, 6.45) is -18.0. The van der Waals surface area contributed by atoms with Crippen LogP contribution in [0.4, 0.5) is 0 Å². The van der Waals surface area contributed by atoms with Gasteiger partial charge >= 0.3 is 5.97 Å². The van der Waals surface area contributed by atoms with E-state index in [2.05, 4.69) is 20.1 Å². The van der Waals surface area contributed by atoms with E-state index < -0.39 is 142 Å². The van der Waals surface area contributed by atoms with Gasteiger partial charge in [-0.3, -0.25) is 4.79 Å². The highest BCUT2D eigenvalue weighted by Crippen LogP contribution is 2.38. The van der Waals surface area contributed by atoms with Gasteiger partial charge in [-0.25, -0.2) is 0 Å². The summed E-state index contributed by atoms with van der Waals surface area (Å²) in [5.74, 6) is 0.0938. The number of aliphatic hydroxyl groups is 7. The Hall–Kier alpha value is -2.13. The van der Waals surface area contributed by atoms with Gasteiger partial charge in [0.1, 0.15) is 67.1 Å². The van der Waals surface area contributed by atoms with Crippen molar-refractivity contribution in [1.29, 1.82) is 0 Å². The SMILES string of the molecule is C=C(CC)OCOC1C(O[C@@H]2C3OC(CO)[C@@H](O)[C@@H]2OC(=O)CCCCCCCCC[C@H](CCCCC)OC2OC(C)[C@H](O)C(O)[C@@H]2O3)O[C@@H](C)[C@H](OCOC(=C)CC)[C@@H]1OC1OC(C)[C@H](O)[C@H](O)[C@@H]1O. The van der Waals surface area contributed by atoms with Gasteiger partial charge in [0.05, 0.1) is 42.5 Å². The van der Waals surface area contributed by atoms with Crippen LogP contribution in [0.1, 0.15) is 138 Å². The normalized spacial score (nSPS) is 41.3. The summed E-state index contributed by atoms with van der Waals surface area (Å²) in [7, 11) is 0. The molecule has 21 atom stereocenters. The van der Waals surface area contributed by atoms with Crippen molar-refractivity contribution >= 4 is 5.97 Å². The van der Waals surface area contributed by atoms with Crippen LogP contribution in [0.5, 0.6) is 0 Å². The first-order chi connectivity index (χ1) is 34.0. The topological polar surface area (TPSA) is 279 Å². The van der Waals surface area contributed by atoms with E-state index in [-0.39, 0.29) is 19.3 Å². The zero-order chi connectivity index (χ0) is 51.8. The molecule has 5 aliphatic heterocycles. The summed E-state index contributed by atoms with van der Waals surface area (Å²) >= 11 is 0. The van der Waals surface area contributed by atoms with Crippen molar-refractivity contribution in [2.45, 2.75) is 267 Å². The molecule has 2 bridgehead atoms. The molecule has 0 aliphatic carbocycles. The fraction of sp³-hybridized carbons (Fsp3) is 0.900. The summed E-state index contributed by atoms with van der Waals surface area (Å²) in [5.41, 5.74) is 0. The van der Waals surface area contributed by atoms with Gasteiger partial charge in [0.25, 0.3) is 0 Å². The number of aliphatic hydroxyl groups excluding tert-OH is 7. The van der Waals surface area contributed by atoms with E-state index in [1.807, 2.05) is 13.8 Å². The molecule has 412 valence electrons. The first-order valence-electron chi connectivity index (χ1n) is 26.0. The van der Waals surface area contributed by atoms with Crippen LogP contribution >= 0.6 is 0 Å². The second-order valence-corrected chi connectivity index (χ2v) is 19.4. The van der Waals surface area contributed by atoms with E-state index >= 15 is 0 Å². The van der Waals surface area contributed by atoms with E-state index in [1.54, 1.807) is 13.8 Å². The van der Waals surface area contributed by atoms with Crippen molar-refractivity contribution in [3.63, 3.8) is 0 Å². The predicted octanol–water partition coefficient (Wildman–Crippen LogP) is 3.23. The molecule has 5 fully saturated rings. The lowest BCUT2D eigenvalue weighted by Gasteiger charge is -2.51. The smallest absolute Gasteiger partial charge is 0.306 e. The molecule has 0 radical (unpaired) electrons. The summed E-state index contributed by atoms with van der Waals surface area (Å²) < 4.78 is 81.7. The van der Waals surface area contributed by atoms with Crippen LogP contribution in [0.15, 0.2) is 24.7 Å². The lowest BCUT2D eigenvalue weighted by molar-refractivity contribution is -0.406. The molecule has 0 aromatic heterocycles. The third-order valence-corrected chi connectivity index (χ3v) is 14.0. The molecule has 71 heavy (non-hydrogen) atoms. The minimum atomic E-state index is -1.77. The molecule has 21 nitrogen and oxygen atoms in total. The van der Waals surface area contributed by atoms with Crippen LogP contribution in [0.2, 0.25) is 0 Å². The maximum atomic E-state index is 13.8. The monoisotopic (exact) mass is 1020 g/mol. The van der Waals surface area contributed by atoms with Gasteiger partial charge < -0.3 is 97.3 Å². The Morgan fingerprint density at radius 1 is 0.577 bits per heavy atom. The lowest BCUT2D eigenvalue weighted by Crippen LogP contribution is -2.68. The van der Waals surface area contributed by atoms with Gasteiger partial charge in [0.15, 0.2) is 51.0 Å². The maximum absolute atomic E-state index is 13.8. The number of hydrogen-bond acceptors (Lipinski definition) is 21. The van der Waals surface area contributed by atoms with Crippen molar-refractivity contribution < 1.29 is 102 Å². The summed E-state index contributed by atoms with van der Waals surface area (Å²) in [5, 5.41) is 78.2. The van der Waals surface area contributed by atoms with E-state index in [0.29, 0.717) is 43.6 Å². The van der Waals surface area contributed by atoms with E-state index in [1.165, 1.54) is 6.92 Å². The highest BCUT2D eigenvalue weighted by atomic mass is 16.8. The zero-order valence-electron chi connectivity index (χ0n) is 42.6. The van der Waals surface area contributed by atoms with Crippen LogP contribution < -0.4 is 0 Å². The molecule has 0 aromatic carbocycles. The molecule has 0 amide bonds. The summed E-state index contributed by atoms with van der Waals surface area (Å²) in [4.78, 5) is 13.8. The predicted molar refractivity (Wildman–Crippen MR) is 250 cm³/mol. The average Bonchev–Trinajstić information content (AvgIpc) is 3.35. The zero-order valence-corrected chi connectivity index (χ0v) is 42.6. The van der Waals surface area contributed by atoms with Gasteiger partial charge in [-0.2, -0.15) is 0 Å². The molecule has 0 saturated carbocycles. The van der Waals surface area contributed by atoms with Crippen molar-refractivity contribution in [3.8, 4) is 0 Å². The number of esters is 1. The minimum absolute atomic E-state index is 0.00772. The second-order valence-electron chi connectivity index (χ2n) is 19.4. The summed E-state index contributed by atoms with van der Waals surface area (Å²) in [6, 6.07) is 0. The maximum Gasteiger partial charge on any atom is 0.306 e. The Morgan fingerprint density at radius 3 is 1.82 bits per heavy atom. The third-order valence-electron chi connectivity index (χ3n) is 14.0. The van der Waals surface area contributed by atoms with Crippen LogP contribution in [0.25, 0.3) is 0 Å². The highest BCUT2D eigenvalue weighted by Gasteiger charge is 2.57. The molecule has 9 unspecified atom stereocenters. The van der Waals surface area contributed by atoms with Crippen molar-refractivity contribution in [1.82, 2.24) is 0 Å². The number of carbonyl (C=O) groups is 1. The largest absolute Gasteiger partial charge is 0.473 e. The molecule has 5 rings (SSSR count). The molecular formula is C50H86O21. The second kappa shape index (κ2) is 29.8. The number of unbranched alkanes of at least 4 members (excludes halogenated alkanes) is 2. The lowest BCUT2D eigenvalue weighted by atomic mass is 9.95. The van der Waals surface area contributed by atoms with Crippen LogP contribution in [0.3, 0.4) is 0 Å². The molecule has 5 saturated heterocycles. The Balaban J connectivity index is 1.59. The Kier molecular flexibility index (Phi) is 25.1. The molecule has 7 N–H and O–H groups in total. The molecule has 0 spiro atoms. The van der Waals surface area contributed by atoms with Crippen LogP contribution in [-0.2, 0) is 66.4 Å². The van der Waals surface area contributed by atoms with Crippen LogP contribution in [-0.4, -0.2) is 191 Å². The van der Waals surface area contributed by atoms with Gasteiger partial charge in [0.2, 0.25) is 0 Å². The minimum Gasteiger partial charge on any atom is -0.473 e. The number of allylic oxidation sites excluding steroid dienone is 2. The number of ether oxygens (including phenoxy) is 13. The molecule has 0 aromatic rings. The standard InChI is InChI=1S/C50H86O21/c1-9-12-18-21-32-22-19-16-14-13-15-17-20-23-34(52)68-42-37(55)33(24-51)67-50(69-43-39(57)36(54)30(7)64-48(43)66-32)46(42)71-49-45(62-26-60-28(5)11-3)44(41(31(8)65-49)61-25-59-27(4)10-2)70-47-40(58)38(56)35(53)29(6)63-47/h29-33,35-51,53-58H,4-5,9-26H2,1-3,6-8H3/t29?,30?,31-,32-,33?,35-,36-,37+,38-,39?,40-,41-,42-,43-,44-,45?,46-,47?,48?,49?,50?/m0/s1. The first kappa shape index (κ1) is 59.7. The van der Waals surface area contributed by atoms with Crippen molar-refractivity contribution in [2.75, 3.05) is 20.2 Å². The molecular weight excluding hydrogens is 937 g/mol. The number of hydrogen-bond donors (Lipinski definition) is 7. The highest BCUT2D eigenvalue weighted by molar-refractivity contribution is 5.69. The Morgan fingerprint density at radius 2 is 1.17 bits per heavy atom. The van der Waals surface area contributed by atoms with E-state index in [4.69, 9.17) is 61.6 Å². The fourth-order valence-corrected chi connectivity index (χ4v) is 9.34. The fourth-order valence-electron chi connectivity index (χ4n) is 9.34. The van der Waals surface area contributed by atoms with Gasteiger partial charge in [-0.05, 0) is 40.0 Å². The Labute approximate surface area is 418 Å². The molecule has 21 heteroatoms. The third kappa shape index (κ3) is 16.7. The van der Waals surface area contributed by atoms with E-state index in [0.717, 1.165) is 57.8 Å². The number of rotatable bonds is 19. The Bertz CT molecular complexity index is 1580. The van der Waals surface area contributed by atoms with Crippen molar-refractivity contribution in [3.05, 3.63) is 24.7 Å². The average molecular weight is 1020 g/mol. The van der Waals surface area contributed by atoms with Crippen LogP contribution in [0, 0.1) is 0 Å². The van der Waals surface area contributed by atoms with Gasteiger partial charge in [-0.15, -0.1) is 0 Å². The van der Waals surface area contributed by atoms with Gasteiger partial charge in [-0.1, -0.05) is 91.7 Å². The number of carbonyl (C=O) groups excluding carboxylic acids is 1. The first-order valence-corrected chi connectivity index (χ1v) is 26.0. The van der Waals surface area contributed by atoms with Gasteiger partial charge in [0, 0.05) is 19.3 Å². The summed E-state index contributed by atoms with van der Waals surface area (Å²) in [6.45, 7) is 16.7. The van der Waals surface area contributed by atoms with Crippen molar-refractivity contribution in [2.24, 2.45) is 0 Å². The number of fused-ring (bicyclic) bond motifs is 3.